The average molecular weight is 287 g/mol. The molecule has 0 unspecified atom stereocenters. The van der Waals surface area contributed by atoms with Crippen molar-refractivity contribution < 1.29 is 9.53 Å². The number of nitrogens with zero attached hydrogens (tertiary/aromatic N) is 2. The Kier molecular flexibility index (Phi) is 4.62. The minimum Gasteiger partial charge on any atom is -0.465 e. The van der Waals surface area contributed by atoms with E-state index in [2.05, 4.69) is 28.7 Å². The van der Waals surface area contributed by atoms with Crippen LogP contribution in [0.5, 0.6) is 0 Å². The summed E-state index contributed by atoms with van der Waals surface area (Å²) in [6.45, 7) is 6.91. The molecule has 0 aliphatic carbocycles. The summed E-state index contributed by atoms with van der Waals surface area (Å²) in [6.07, 6.45) is 3.71. The topological polar surface area (TPSA) is 56.1 Å². The number of hydrogen-bond donors (Lipinski definition) is 1. The summed E-state index contributed by atoms with van der Waals surface area (Å²) in [5.74, 6) is -0.317. The maximum atomic E-state index is 11.5. The number of ether oxygens (including phenoxy) is 1. The molecule has 2 aromatic rings. The van der Waals surface area contributed by atoms with Crippen molar-refractivity contribution in [3.05, 3.63) is 47.5 Å². The number of methoxy groups -OCH3 is 1. The maximum absolute atomic E-state index is 11.5. The lowest BCUT2D eigenvalue weighted by atomic mass is 10.1. The molecule has 2 rings (SSSR count). The highest BCUT2D eigenvalue weighted by molar-refractivity contribution is 5.90. The molecule has 0 spiro atoms. The Morgan fingerprint density at radius 1 is 1.43 bits per heavy atom. The summed E-state index contributed by atoms with van der Waals surface area (Å²) >= 11 is 0. The number of hydrogen-bond acceptors (Lipinski definition) is 4. The van der Waals surface area contributed by atoms with Crippen LogP contribution in [0.3, 0.4) is 0 Å². The standard InChI is InChI=1S/C16H21N3O2/c1-11(2)19-10-17-8-14(19)9-18-15-6-5-13(7-12(15)3)16(20)21-4/h5-8,10-11,18H,9H2,1-4H3. The number of esters is 1. The van der Waals surface area contributed by atoms with E-state index in [4.69, 9.17) is 4.74 Å². The lowest BCUT2D eigenvalue weighted by molar-refractivity contribution is 0.0600. The molecule has 0 atom stereocenters. The number of aromatic nitrogens is 2. The van der Waals surface area contributed by atoms with Gasteiger partial charge in [-0.05, 0) is 44.5 Å². The summed E-state index contributed by atoms with van der Waals surface area (Å²) in [6, 6.07) is 5.87. The molecule has 1 heterocycles. The second-order valence-electron chi connectivity index (χ2n) is 5.26. The van der Waals surface area contributed by atoms with Gasteiger partial charge in [-0.2, -0.15) is 0 Å². The molecule has 0 amide bonds. The van der Waals surface area contributed by atoms with Crippen LogP contribution in [0.1, 0.15) is 41.5 Å². The Balaban J connectivity index is 2.10. The molecule has 0 aliphatic rings. The number of carbonyl (C=O) groups is 1. The van der Waals surface area contributed by atoms with E-state index in [-0.39, 0.29) is 5.97 Å². The van der Waals surface area contributed by atoms with Crippen LogP contribution in [0.4, 0.5) is 5.69 Å². The van der Waals surface area contributed by atoms with E-state index < -0.39 is 0 Å². The monoisotopic (exact) mass is 287 g/mol. The maximum Gasteiger partial charge on any atom is 0.337 e. The minimum absolute atomic E-state index is 0.317. The molecule has 21 heavy (non-hydrogen) atoms. The van der Waals surface area contributed by atoms with Crippen molar-refractivity contribution >= 4 is 11.7 Å². The zero-order valence-corrected chi connectivity index (χ0v) is 12.9. The largest absolute Gasteiger partial charge is 0.465 e. The molecule has 0 radical (unpaired) electrons. The third kappa shape index (κ3) is 3.42. The first-order valence-corrected chi connectivity index (χ1v) is 6.96. The number of nitrogens with one attached hydrogen (secondary N) is 1. The third-order valence-corrected chi connectivity index (χ3v) is 3.41. The molecule has 1 N–H and O–H groups in total. The molecule has 0 saturated carbocycles. The Morgan fingerprint density at radius 2 is 2.19 bits per heavy atom. The first-order chi connectivity index (χ1) is 10.0. The van der Waals surface area contributed by atoms with Gasteiger partial charge >= 0.3 is 5.97 Å². The van der Waals surface area contributed by atoms with Crippen LogP contribution in [0.2, 0.25) is 0 Å². The van der Waals surface area contributed by atoms with Gasteiger partial charge in [-0.25, -0.2) is 9.78 Å². The van der Waals surface area contributed by atoms with E-state index in [9.17, 15) is 4.79 Å². The highest BCUT2D eigenvalue weighted by atomic mass is 16.5. The highest BCUT2D eigenvalue weighted by Gasteiger charge is 2.09. The molecule has 0 bridgehead atoms. The fourth-order valence-corrected chi connectivity index (χ4v) is 2.23. The number of carbonyl (C=O) groups excluding carboxylic acids is 1. The van der Waals surface area contributed by atoms with Crippen LogP contribution in [-0.4, -0.2) is 22.6 Å². The average Bonchev–Trinajstić information content (AvgIpc) is 2.93. The normalized spacial score (nSPS) is 10.7. The Morgan fingerprint density at radius 3 is 2.81 bits per heavy atom. The van der Waals surface area contributed by atoms with E-state index in [0.717, 1.165) is 16.9 Å². The van der Waals surface area contributed by atoms with Crippen molar-refractivity contribution in [2.45, 2.75) is 33.4 Å². The van der Waals surface area contributed by atoms with E-state index in [0.29, 0.717) is 18.2 Å². The van der Waals surface area contributed by atoms with Gasteiger partial charge in [0, 0.05) is 17.9 Å². The summed E-state index contributed by atoms with van der Waals surface area (Å²) in [5, 5.41) is 3.38. The molecule has 112 valence electrons. The zero-order valence-electron chi connectivity index (χ0n) is 12.9. The first kappa shape index (κ1) is 15.1. The smallest absolute Gasteiger partial charge is 0.337 e. The molecular formula is C16H21N3O2. The van der Waals surface area contributed by atoms with Crippen molar-refractivity contribution in [1.82, 2.24) is 9.55 Å². The molecule has 5 heteroatoms. The van der Waals surface area contributed by atoms with Gasteiger partial charge in [0.25, 0.3) is 0 Å². The van der Waals surface area contributed by atoms with Gasteiger partial charge in [0.15, 0.2) is 0 Å². The third-order valence-electron chi connectivity index (χ3n) is 3.41. The number of anilines is 1. The Labute approximate surface area is 125 Å². The molecule has 5 nitrogen and oxygen atoms in total. The first-order valence-electron chi connectivity index (χ1n) is 6.96. The Hall–Kier alpha value is -2.30. The molecular weight excluding hydrogens is 266 g/mol. The van der Waals surface area contributed by atoms with Crippen LogP contribution in [0.25, 0.3) is 0 Å². The fourth-order valence-electron chi connectivity index (χ4n) is 2.23. The quantitative estimate of drug-likeness (QED) is 0.858. The van der Waals surface area contributed by atoms with Crippen molar-refractivity contribution in [3.63, 3.8) is 0 Å². The summed E-state index contributed by atoms with van der Waals surface area (Å²) in [4.78, 5) is 15.7. The van der Waals surface area contributed by atoms with Crippen LogP contribution < -0.4 is 5.32 Å². The number of rotatable bonds is 5. The van der Waals surface area contributed by atoms with E-state index in [1.54, 1.807) is 6.07 Å². The molecule has 1 aromatic heterocycles. The van der Waals surface area contributed by atoms with Crippen molar-refractivity contribution in [3.8, 4) is 0 Å². The number of imidazole rings is 1. The van der Waals surface area contributed by atoms with Crippen molar-refractivity contribution in [2.24, 2.45) is 0 Å². The predicted molar refractivity (Wildman–Crippen MR) is 82.5 cm³/mol. The van der Waals surface area contributed by atoms with Gasteiger partial charge in [0.2, 0.25) is 0 Å². The van der Waals surface area contributed by atoms with E-state index >= 15 is 0 Å². The van der Waals surface area contributed by atoms with E-state index in [1.165, 1.54) is 7.11 Å². The van der Waals surface area contributed by atoms with Crippen LogP contribution in [0.15, 0.2) is 30.7 Å². The SMILES string of the molecule is COC(=O)c1ccc(NCc2cncn2C(C)C)c(C)c1. The second kappa shape index (κ2) is 6.43. The van der Waals surface area contributed by atoms with Gasteiger partial charge < -0.3 is 14.6 Å². The van der Waals surface area contributed by atoms with Crippen LogP contribution in [-0.2, 0) is 11.3 Å². The van der Waals surface area contributed by atoms with Gasteiger partial charge in [-0.3, -0.25) is 0 Å². The summed E-state index contributed by atoms with van der Waals surface area (Å²) in [7, 11) is 1.39. The van der Waals surface area contributed by atoms with Gasteiger partial charge in [0.05, 0.1) is 31.2 Å². The summed E-state index contributed by atoms with van der Waals surface area (Å²) in [5.41, 5.74) is 3.70. The zero-order chi connectivity index (χ0) is 15.4. The molecule has 0 saturated heterocycles. The second-order valence-corrected chi connectivity index (χ2v) is 5.26. The molecule has 1 aromatic carbocycles. The van der Waals surface area contributed by atoms with Crippen LogP contribution >= 0.6 is 0 Å². The molecule has 0 aliphatic heterocycles. The number of aryl methyl sites for hydroxylation is 1. The van der Waals surface area contributed by atoms with E-state index in [1.807, 2.05) is 31.6 Å². The van der Waals surface area contributed by atoms with Crippen molar-refractivity contribution in [2.75, 3.05) is 12.4 Å². The highest BCUT2D eigenvalue weighted by Crippen LogP contribution is 2.18. The van der Waals surface area contributed by atoms with Crippen molar-refractivity contribution in [1.29, 1.82) is 0 Å². The summed E-state index contributed by atoms with van der Waals surface area (Å²) < 4.78 is 6.85. The van der Waals surface area contributed by atoms with Gasteiger partial charge in [-0.1, -0.05) is 0 Å². The Bertz CT molecular complexity index is 632. The van der Waals surface area contributed by atoms with Crippen LogP contribution in [0, 0.1) is 6.92 Å². The minimum atomic E-state index is -0.317. The predicted octanol–water partition coefficient (Wildman–Crippen LogP) is 3.17. The lowest BCUT2D eigenvalue weighted by Gasteiger charge is -2.14. The molecule has 0 fully saturated rings. The van der Waals surface area contributed by atoms with Gasteiger partial charge in [0.1, 0.15) is 0 Å². The fraction of sp³-hybridized carbons (Fsp3) is 0.375. The van der Waals surface area contributed by atoms with Gasteiger partial charge in [-0.15, -0.1) is 0 Å². The number of benzene rings is 1. The lowest BCUT2D eigenvalue weighted by Crippen LogP contribution is -2.10.